The minimum atomic E-state index is -0.310. The van der Waals surface area contributed by atoms with Crippen molar-refractivity contribution in [3.63, 3.8) is 0 Å². The molecule has 7 heteroatoms. The van der Waals surface area contributed by atoms with Gasteiger partial charge in [-0.2, -0.15) is 5.10 Å². The summed E-state index contributed by atoms with van der Waals surface area (Å²) in [4.78, 5) is 15.9. The maximum absolute atomic E-state index is 11.9. The van der Waals surface area contributed by atoms with Gasteiger partial charge in [-0.15, -0.1) is 0 Å². The summed E-state index contributed by atoms with van der Waals surface area (Å²) in [6, 6.07) is 5.05. The number of methoxy groups -OCH3 is 1. The number of ether oxygens (including phenoxy) is 1. The monoisotopic (exact) mass is 303 g/mol. The van der Waals surface area contributed by atoms with Crippen molar-refractivity contribution in [3.05, 3.63) is 36.2 Å². The largest absolute Gasteiger partial charge is 0.481 e. The van der Waals surface area contributed by atoms with Crippen LogP contribution < -0.4 is 15.4 Å². The molecule has 0 aliphatic heterocycles. The van der Waals surface area contributed by atoms with Crippen LogP contribution in [0.15, 0.2) is 30.6 Å². The summed E-state index contributed by atoms with van der Waals surface area (Å²) in [5, 5.41) is 9.77. The van der Waals surface area contributed by atoms with Gasteiger partial charge in [0.05, 0.1) is 12.6 Å². The van der Waals surface area contributed by atoms with Gasteiger partial charge in [0.2, 0.25) is 5.88 Å². The van der Waals surface area contributed by atoms with Gasteiger partial charge in [0.15, 0.2) is 5.82 Å². The Morgan fingerprint density at radius 1 is 1.32 bits per heavy atom. The van der Waals surface area contributed by atoms with E-state index in [0.29, 0.717) is 18.2 Å². The lowest BCUT2D eigenvalue weighted by molar-refractivity contribution is 0.251. The molecule has 2 rings (SSSR count). The number of nitrogens with one attached hydrogen (secondary N) is 2. The summed E-state index contributed by atoms with van der Waals surface area (Å²) in [7, 11) is 1.56. The van der Waals surface area contributed by atoms with Gasteiger partial charge in [-0.25, -0.2) is 9.78 Å². The third kappa shape index (κ3) is 4.21. The average Bonchev–Trinajstić information content (AvgIpc) is 2.94. The molecule has 22 heavy (non-hydrogen) atoms. The van der Waals surface area contributed by atoms with Crippen LogP contribution >= 0.6 is 0 Å². The smallest absolute Gasteiger partial charge is 0.320 e. The first-order valence-electron chi connectivity index (χ1n) is 6.98. The second kappa shape index (κ2) is 6.46. The van der Waals surface area contributed by atoms with Crippen LogP contribution in [0.1, 0.15) is 26.3 Å². The molecule has 0 radical (unpaired) electrons. The van der Waals surface area contributed by atoms with Gasteiger partial charge in [-0.05, 0) is 26.3 Å². The van der Waals surface area contributed by atoms with E-state index in [1.54, 1.807) is 30.1 Å². The fourth-order valence-corrected chi connectivity index (χ4v) is 1.74. The maximum atomic E-state index is 11.9. The van der Waals surface area contributed by atoms with Crippen molar-refractivity contribution in [2.45, 2.75) is 32.9 Å². The highest BCUT2D eigenvalue weighted by molar-refractivity contribution is 5.88. The molecule has 0 saturated carbocycles. The van der Waals surface area contributed by atoms with Gasteiger partial charge in [-0.1, -0.05) is 6.07 Å². The zero-order chi connectivity index (χ0) is 16.2. The number of pyridine rings is 1. The van der Waals surface area contributed by atoms with Crippen molar-refractivity contribution >= 4 is 11.8 Å². The standard InChI is InChI=1S/C15H21N5O2/c1-15(2,3)20-8-7-12(19-20)18-14(21)17-10-11-5-6-13(22-4)16-9-11/h5-9H,10H2,1-4H3,(H2,17,18,19,21). The van der Waals surface area contributed by atoms with Crippen LogP contribution in [-0.2, 0) is 12.1 Å². The third-order valence-corrected chi connectivity index (χ3v) is 2.98. The number of hydrogen-bond acceptors (Lipinski definition) is 4. The van der Waals surface area contributed by atoms with E-state index in [9.17, 15) is 4.79 Å². The van der Waals surface area contributed by atoms with Gasteiger partial charge >= 0.3 is 6.03 Å². The van der Waals surface area contributed by atoms with Crippen LogP contribution in [-0.4, -0.2) is 27.9 Å². The quantitative estimate of drug-likeness (QED) is 0.908. The number of anilines is 1. The zero-order valence-corrected chi connectivity index (χ0v) is 13.3. The third-order valence-electron chi connectivity index (χ3n) is 2.98. The fraction of sp³-hybridized carbons (Fsp3) is 0.400. The Morgan fingerprint density at radius 2 is 2.09 bits per heavy atom. The first-order chi connectivity index (χ1) is 10.4. The lowest BCUT2D eigenvalue weighted by atomic mass is 10.1. The molecule has 2 heterocycles. The minimum absolute atomic E-state index is 0.120. The molecule has 0 unspecified atom stereocenters. The van der Waals surface area contributed by atoms with Crippen LogP contribution in [0.25, 0.3) is 0 Å². The van der Waals surface area contributed by atoms with Crippen LogP contribution in [0.3, 0.4) is 0 Å². The minimum Gasteiger partial charge on any atom is -0.481 e. The summed E-state index contributed by atoms with van der Waals surface area (Å²) in [6.45, 7) is 6.50. The van der Waals surface area contributed by atoms with E-state index in [1.807, 2.05) is 33.0 Å². The second-order valence-electron chi connectivity index (χ2n) is 5.83. The van der Waals surface area contributed by atoms with Crippen LogP contribution in [0, 0.1) is 0 Å². The zero-order valence-electron chi connectivity index (χ0n) is 13.3. The summed E-state index contributed by atoms with van der Waals surface area (Å²) >= 11 is 0. The summed E-state index contributed by atoms with van der Waals surface area (Å²) in [5.41, 5.74) is 0.765. The Hall–Kier alpha value is -2.57. The predicted molar refractivity (Wildman–Crippen MR) is 83.9 cm³/mol. The average molecular weight is 303 g/mol. The molecule has 0 spiro atoms. The topological polar surface area (TPSA) is 81.1 Å². The highest BCUT2D eigenvalue weighted by atomic mass is 16.5. The molecule has 0 aromatic carbocycles. The highest BCUT2D eigenvalue weighted by Gasteiger charge is 2.14. The molecule has 0 aliphatic carbocycles. The maximum Gasteiger partial charge on any atom is 0.320 e. The van der Waals surface area contributed by atoms with Crippen molar-refractivity contribution < 1.29 is 9.53 Å². The number of carbonyl (C=O) groups is 1. The van der Waals surface area contributed by atoms with Gasteiger partial charge < -0.3 is 10.1 Å². The van der Waals surface area contributed by atoms with Crippen LogP contribution in [0.5, 0.6) is 5.88 Å². The molecule has 0 bridgehead atoms. The first-order valence-corrected chi connectivity index (χ1v) is 6.98. The highest BCUT2D eigenvalue weighted by Crippen LogP contribution is 2.14. The number of aromatic nitrogens is 3. The Labute approximate surface area is 129 Å². The lowest BCUT2D eigenvalue weighted by Crippen LogP contribution is -2.29. The Morgan fingerprint density at radius 3 is 2.64 bits per heavy atom. The van der Waals surface area contributed by atoms with Crippen molar-refractivity contribution in [1.82, 2.24) is 20.1 Å². The van der Waals surface area contributed by atoms with Gasteiger partial charge in [0.25, 0.3) is 0 Å². The van der Waals surface area contributed by atoms with Gasteiger partial charge in [0, 0.05) is 31.1 Å². The Bertz CT molecular complexity index is 628. The molecular weight excluding hydrogens is 282 g/mol. The van der Waals surface area contributed by atoms with E-state index in [-0.39, 0.29) is 11.6 Å². The number of nitrogens with zero attached hydrogens (tertiary/aromatic N) is 3. The molecule has 0 atom stereocenters. The molecule has 2 aromatic rings. The molecular formula is C15H21N5O2. The number of hydrogen-bond donors (Lipinski definition) is 2. The number of rotatable bonds is 4. The van der Waals surface area contributed by atoms with Gasteiger partial charge in [0.1, 0.15) is 0 Å². The van der Waals surface area contributed by atoms with E-state index < -0.39 is 0 Å². The van der Waals surface area contributed by atoms with E-state index >= 15 is 0 Å². The van der Waals surface area contributed by atoms with Crippen molar-refractivity contribution in [3.8, 4) is 5.88 Å². The van der Waals surface area contributed by atoms with E-state index in [1.165, 1.54) is 0 Å². The molecule has 2 amide bonds. The summed E-state index contributed by atoms with van der Waals surface area (Å²) < 4.78 is 6.78. The summed E-state index contributed by atoms with van der Waals surface area (Å²) in [5.74, 6) is 1.06. The predicted octanol–water partition coefficient (Wildman–Crippen LogP) is 2.36. The summed E-state index contributed by atoms with van der Waals surface area (Å²) in [6.07, 6.45) is 3.50. The molecule has 0 aliphatic rings. The molecule has 0 fully saturated rings. The van der Waals surface area contributed by atoms with Crippen LogP contribution in [0.2, 0.25) is 0 Å². The number of carbonyl (C=O) groups excluding carboxylic acids is 1. The Balaban J connectivity index is 1.86. The second-order valence-corrected chi connectivity index (χ2v) is 5.83. The van der Waals surface area contributed by atoms with E-state index in [2.05, 4.69) is 20.7 Å². The number of amides is 2. The SMILES string of the molecule is COc1ccc(CNC(=O)Nc2ccn(C(C)(C)C)n2)cn1. The fourth-order valence-electron chi connectivity index (χ4n) is 1.74. The molecule has 0 saturated heterocycles. The lowest BCUT2D eigenvalue weighted by Gasteiger charge is -2.18. The first kappa shape index (κ1) is 15.8. The van der Waals surface area contributed by atoms with E-state index in [4.69, 9.17) is 4.74 Å². The molecule has 2 aromatic heterocycles. The van der Waals surface area contributed by atoms with Crippen molar-refractivity contribution in [1.29, 1.82) is 0 Å². The molecule has 118 valence electrons. The van der Waals surface area contributed by atoms with Gasteiger partial charge in [-0.3, -0.25) is 10.00 Å². The van der Waals surface area contributed by atoms with Crippen LogP contribution in [0.4, 0.5) is 10.6 Å². The van der Waals surface area contributed by atoms with E-state index in [0.717, 1.165) is 5.56 Å². The van der Waals surface area contributed by atoms with Crippen molar-refractivity contribution in [2.75, 3.05) is 12.4 Å². The normalized spacial score (nSPS) is 11.1. The molecule has 7 nitrogen and oxygen atoms in total. The number of urea groups is 1. The Kier molecular flexibility index (Phi) is 4.65. The molecule has 2 N–H and O–H groups in total. The van der Waals surface area contributed by atoms with Crippen molar-refractivity contribution in [2.24, 2.45) is 0 Å².